The number of hydrogen-bond donors (Lipinski definition) is 0. The lowest BCUT2D eigenvalue weighted by atomic mass is 9.90. The Hall–Kier alpha value is -3.49. The average molecular weight is 517 g/mol. The molecule has 2 saturated heterocycles. The van der Waals surface area contributed by atoms with E-state index in [1.54, 1.807) is 12.0 Å². The second-order valence-electron chi connectivity index (χ2n) is 9.69. The number of hydrogen-bond acceptors (Lipinski definition) is 7. The van der Waals surface area contributed by atoms with Crippen molar-refractivity contribution in [1.29, 1.82) is 0 Å². The molecule has 3 aromatic rings. The van der Waals surface area contributed by atoms with E-state index in [1.165, 1.54) is 16.2 Å². The van der Waals surface area contributed by atoms with E-state index in [2.05, 4.69) is 0 Å². The van der Waals surface area contributed by atoms with Gasteiger partial charge in [-0.1, -0.05) is 48.0 Å². The van der Waals surface area contributed by atoms with Crippen LogP contribution in [0.25, 0.3) is 0 Å². The second-order valence-corrected chi connectivity index (χ2v) is 10.8. The number of ether oxygens (including phenoxy) is 1. The first-order chi connectivity index (χ1) is 18.0. The Morgan fingerprint density at radius 2 is 1.76 bits per heavy atom. The number of carbonyl (C=O) groups excluding carboxylic acids is 3. The summed E-state index contributed by atoms with van der Waals surface area (Å²) in [4.78, 5) is 49.6. The number of aryl methyl sites for hydroxylation is 2. The van der Waals surface area contributed by atoms with Gasteiger partial charge in [0.05, 0.1) is 23.9 Å². The predicted octanol–water partition coefficient (Wildman–Crippen LogP) is 5.16. The smallest absolute Gasteiger partial charge is 0.341 e. The van der Waals surface area contributed by atoms with Crippen molar-refractivity contribution in [2.24, 2.45) is 5.92 Å². The maximum atomic E-state index is 14.1. The van der Waals surface area contributed by atoms with Crippen LogP contribution in [0.4, 0.5) is 10.7 Å². The molecule has 1 aromatic heterocycles. The molecule has 8 heteroatoms. The lowest BCUT2D eigenvalue weighted by Gasteiger charge is -2.28. The Morgan fingerprint density at radius 3 is 2.49 bits per heavy atom. The highest BCUT2D eigenvalue weighted by molar-refractivity contribution is 7.17. The second kappa shape index (κ2) is 9.43. The molecule has 6 rings (SSSR count). The van der Waals surface area contributed by atoms with E-state index >= 15 is 0 Å². The number of benzene rings is 2. The highest BCUT2D eigenvalue weighted by atomic mass is 32.1. The molecule has 2 aliphatic heterocycles. The quantitative estimate of drug-likeness (QED) is 0.344. The SMILES string of the molecule is CCOC(=O)c1c(N2C(=O)[C@@H]3[C@@H](ON(c4ccccc4)[C@H]3c3ccc(C)cc3)C2=O)sc2c1CCCC2. The maximum absolute atomic E-state index is 14.1. The zero-order valence-corrected chi connectivity index (χ0v) is 21.6. The molecule has 3 heterocycles. The number of esters is 1. The number of imide groups is 1. The van der Waals surface area contributed by atoms with Crippen LogP contribution in [0.15, 0.2) is 54.6 Å². The van der Waals surface area contributed by atoms with Gasteiger partial charge in [0.25, 0.3) is 5.91 Å². The standard InChI is InChI=1S/C29H28N2O5S/c1-3-35-29(34)22-20-11-7-8-12-21(20)37-28(22)30-26(32)23-24(18-15-13-17(2)14-16-18)31(36-25(23)27(30)33)19-9-5-4-6-10-19/h4-6,9-10,13-16,23-25H,3,7-8,11-12H2,1-2H3/t23-,24-,25+/m0/s1. The minimum Gasteiger partial charge on any atom is -0.462 e. The molecule has 0 bridgehead atoms. The van der Waals surface area contributed by atoms with Crippen LogP contribution in [-0.4, -0.2) is 30.5 Å². The minimum atomic E-state index is -0.979. The molecular formula is C29H28N2O5S. The largest absolute Gasteiger partial charge is 0.462 e. The lowest BCUT2D eigenvalue weighted by Crippen LogP contribution is -2.37. The molecule has 2 aromatic carbocycles. The van der Waals surface area contributed by atoms with E-state index in [-0.39, 0.29) is 12.5 Å². The third kappa shape index (κ3) is 3.86. The Kier molecular flexibility index (Phi) is 6.09. The zero-order valence-electron chi connectivity index (χ0n) is 20.8. The first-order valence-electron chi connectivity index (χ1n) is 12.8. The van der Waals surface area contributed by atoms with Crippen LogP contribution in [0, 0.1) is 12.8 Å². The van der Waals surface area contributed by atoms with Crippen molar-refractivity contribution in [2.75, 3.05) is 16.6 Å². The minimum absolute atomic E-state index is 0.223. The van der Waals surface area contributed by atoms with Crippen molar-refractivity contribution >= 4 is 39.8 Å². The van der Waals surface area contributed by atoms with Gasteiger partial charge < -0.3 is 4.74 Å². The lowest BCUT2D eigenvalue weighted by molar-refractivity contribution is -0.126. The average Bonchev–Trinajstić information content (AvgIpc) is 3.55. The number of carbonyl (C=O) groups is 3. The van der Waals surface area contributed by atoms with Gasteiger partial charge in [-0.05, 0) is 62.8 Å². The van der Waals surface area contributed by atoms with Gasteiger partial charge in [0.2, 0.25) is 5.91 Å². The third-order valence-corrected chi connectivity index (χ3v) is 8.66. The summed E-state index contributed by atoms with van der Waals surface area (Å²) in [6.45, 7) is 3.99. The molecule has 37 heavy (non-hydrogen) atoms. The Labute approximate surface area is 219 Å². The van der Waals surface area contributed by atoms with Crippen LogP contribution < -0.4 is 9.96 Å². The van der Waals surface area contributed by atoms with E-state index in [9.17, 15) is 14.4 Å². The first-order valence-corrected chi connectivity index (χ1v) is 13.6. The van der Waals surface area contributed by atoms with Crippen LogP contribution in [0.2, 0.25) is 0 Å². The number of hydroxylamine groups is 1. The molecule has 2 amide bonds. The number of nitrogens with zero attached hydrogens (tertiary/aromatic N) is 2. The van der Waals surface area contributed by atoms with Crippen LogP contribution in [-0.2, 0) is 32.0 Å². The molecule has 3 atom stereocenters. The summed E-state index contributed by atoms with van der Waals surface area (Å²) in [6.07, 6.45) is 2.58. The molecule has 190 valence electrons. The molecule has 1 aliphatic carbocycles. The molecule has 3 aliphatic rings. The van der Waals surface area contributed by atoms with Crippen molar-refractivity contribution in [2.45, 2.75) is 51.7 Å². The molecule has 2 fully saturated rings. The van der Waals surface area contributed by atoms with E-state index in [0.29, 0.717) is 10.6 Å². The molecular weight excluding hydrogens is 488 g/mol. The number of para-hydroxylation sites is 1. The van der Waals surface area contributed by atoms with Gasteiger partial charge in [-0.2, -0.15) is 0 Å². The topological polar surface area (TPSA) is 76.2 Å². The summed E-state index contributed by atoms with van der Waals surface area (Å²) < 4.78 is 5.37. The summed E-state index contributed by atoms with van der Waals surface area (Å²) in [5, 5.41) is 2.08. The first kappa shape index (κ1) is 23.9. The van der Waals surface area contributed by atoms with E-state index in [4.69, 9.17) is 9.57 Å². The van der Waals surface area contributed by atoms with Crippen molar-refractivity contribution < 1.29 is 24.0 Å². The highest BCUT2D eigenvalue weighted by Gasteiger charge is 2.61. The van der Waals surface area contributed by atoms with Gasteiger partial charge in [-0.25, -0.2) is 14.8 Å². The maximum Gasteiger partial charge on any atom is 0.341 e. The number of rotatable bonds is 5. The van der Waals surface area contributed by atoms with Gasteiger partial charge in [0, 0.05) is 4.88 Å². The van der Waals surface area contributed by atoms with Crippen molar-refractivity contribution in [3.8, 4) is 0 Å². The van der Waals surface area contributed by atoms with E-state index in [1.807, 2.05) is 61.5 Å². The fourth-order valence-electron chi connectivity index (χ4n) is 5.64. The monoisotopic (exact) mass is 516 g/mol. The molecule has 0 N–H and O–H groups in total. The van der Waals surface area contributed by atoms with Crippen LogP contribution >= 0.6 is 11.3 Å². The molecule has 7 nitrogen and oxygen atoms in total. The summed E-state index contributed by atoms with van der Waals surface area (Å²) in [5.74, 6) is -2.00. The van der Waals surface area contributed by atoms with E-state index < -0.39 is 29.9 Å². The highest BCUT2D eigenvalue weighted by Crippen LogP contribution is 2.50. The van der Waals surface area contributed by atoms with Crippen molar-refractivity contribution in [3.63, 3.8) is 0 Å². The van der Waals surface area contributed by atoms with Gasteiger partial charge in [-0.3, -0.25) is 14.4 Å². The number of thiophene rings is 1. The Morgan fingerprint density at radius 1 is 1.03 bits per heavy atom. The third-order valence-electron chi connectivity index (χ3n) is 7.38. The van der Waals surface area contributed by atoms with Crippen molar-refractivity contribution in [1.82, 2.24) is 0 Å². The summed E-state index contributed by atoms with van der Waals surface area (Å²) >= 11 is 1.37. The van der Waals surface area contributed by atoms with Gasteiger partial charge >= 0.3 is 5.97 Å². The predicted molar refractivity (Wildman–Crippen MR) is 141 cm³/mol. The molecule has 0 radical (unpaired) electrons. The van der Waals surface area contributed by atoms with Gasteiger partial charge in [0.15, 0.2) is 6.10 Å². The summed E-state index contributed by atoms with van der Waals surface area (Å²) in [7, 11) is 0. The number of fused-ring (bicyclic) bond motifs is 2. The normalized spacial score (nSPS) is 22.8. The summed E-state index contributed by atoms with van der Waals surface area (Å²) in [5.41, 5.74) is 4.05. The number of anilines is 2. The van der Waals surface area contributed by atoms with Crippen molar-refractivity contribution in [3.05, 3.63) is 81.7 Å². The molecule has 0 unspecified atom stereocenters. The Balaban J connectivity index is 1.44. The fourth-order valence-corrected chi connectivity index (χ4v) is 7.03. The van der Waals surface area contributed by atoms with E-state index in [0.717, 1.165) is 52.9 Å². The Bertz CT molecular complexity index is 1370. The molecule has 0 spiro atoms. The fraction of sp³-hybridized carbons (Fsp3) is 0.345. The van der Waals surface area contributed by atoms with Gasteiger partial charge in [0.1, 0.15) is 10.9 Å². The zero-order chi connectivity index (χ0) is 25.7. The van der Waals surface area contributed by atoms with Crippen LogP contribution in [0.3, 0.4) is 0 Å². The van der Waals surface area contributed by atoms with Gasteiger partial charge in [-0.15, -0.1) is 11.3 Å². The van der Waals surface area contributed by atoms with Crippen LogP contribution in [0.1, 0.15) is 57.7 Å². The summed E-state index contributed by atoms with van der Waals surface area (Å²) in [6, 6.07) is 17.0. The van der Waals surface area contributed by atoms with Crippen LogP contribution in [0.5, 0.6) is 0 Å². The number of amides is 2. The molecule has 0 saturated carbocycles.